The first-order chi connectivity index (χ1) is 12.1. The molecule has 2 aromatic carbocycles. The average Bonchev–Trinajstić information content (AvgIpc) is 2.64. The van der Waals surface area contributed by atoms with Crippen LogP contribution in [-0.4, -0.2) is 33.0 Å². The van der Waals surface area contributed by atoms with Crippen molar-refractivity contribution in [2.45, 2.75) is 18.9 Å². The molecule has 0 aliphatic carbocycles. The van der Waals surface area contributed by atoms with Crippen LogP contribution in [0.25, 0.3) is 0 Å². The standard InChI is InChI=1S/C19H22BrNO4/c1-23-15-5-4-12(18(20)19(15)22)8-14-13-10-17(25-3)16(24-2)9-11(13)6-7-21-14/h4-5,9-10,14,21-22H,6-8H2,1-3H3/t14-/m1/s1. The molecule has 134 valence electrons. The number of phenolic OH excluding ortho intramolecular Hbond substituents is 1. The first-order valence-corrected chi connectivity index (χ1v) is 8.90. The molecule has 25 heavy (non-hydrogen) atoms. The molecule has 1 heterocycles. The Morgan fingerprint density at radius 3 is 2.44 bits per heavy atom. The van der Waals surface area contributed by atoms with Gasteiger partial charge in [0.1, 0.15) is 0 Å². The Bertz CT molecular complexity index is 779. The minimum atomic E-state index is 0.128. The Kier molecular flexibility index (Phi) is 5.39. The number of nitrogens with one attached hydrogen (secondary N) is 1. The van der Waals surface area contributed by atoms with E-state index in [2.05, 4.69) is 27.3 Å². The van der Waals surface area contributed by atoms with Crippen molar-refractivity contribution in [3.63, 3.8) is 0 Å². The third-order valence-corrected chi connectivity index (χ3v) is 5.49. The number of phenols is 1. The summed E-state index contributed by atoms with van der Waals surface area (Å²) in [5, 5.41) is 13.8. The van der Waals surface area contributed by atoms with Crippen molar-refractivity contribution >= 4 is 15.9 Å². The van der Waals surface area contributed by atoms with Crippen molar-refractivity contribution in [2.24, 2.45) is 0 Å². The molecule has 0 saturated heterocycles. The molecule has 0 bridgehead atoms. The minimum Gasteiger partial charge on any atom is -0.503 e. The molecule has 2 N–H and O–H groups in total. The molecule has 0 spiro atoms. The molecule has 6 heteroatoms. The van der Waals surface area contributed by atoms with Gasteiger partial charge in [0.05, 0.1) is 25.8 Å². The van der Waals surface area contributed by atoms with Crippen LogP contribution < -0.4 is 19.5 Å². The smallest absolute Gasteiger partial charge is 0.172 e. The molecule has 3 rings (SSSR count). The summed E-state index contributed by atoms with van der Waals surface area (Å²) in [5.74, 6) is 2.07. The number of hydrogen-bond donors (Lipinski definition) is 2. The molecule has 0 radical (unpaired) electrons. The first-order valence-electron chi connectivity index (χ1n) is 8.11. The van der Waals surface area contributed by atoms with Crippen molar-refractivity contribution in [1.82, 2.24) is 5.32 Å². The number of hydrogen-bond acceptors (Lipinski definition) is 5. The van der Waals surface area contributed by atoms with Gasteiger partial charge in [0.2, 0.25) is 0 Å². The van der Waals surface area contributed by atoms with Gasteiger partial charge in [0.25, 0.3) is 0 Å². The summed E-state index contributed by atoms with van der Waals surface area (Å²) in [7, 11) is 4.84. The summed E-state index contributed by atoms with van der Waals surface area (Å²) >= 11 is 3.49. The van der Waals surface area contributed by atoms with Crippen LogP contribution in [0.15, 0.2) is 28.7 Å². The molecule has 0 fully saturated rings. The van der Waals surface area contributed by atoms with Gasteiger partial charge in [-0.05, 0) is 70.2 Å². The number of halogens is 1. The van der Waals surface area contributed by atoms with Crippen LogP contribution in [0.3, 0.4) is 0 Å². The van der Waals surface area contributed by atoms with Gasteiger partial charge in [0, 0.05) is 6.04 Å². The molecule has 0 amide bonds. The zero-order valence-corrected chi connectivity index (χ0v) is 16.1. The average molecular weight is 408 g/mol. The second-order valence-electron chi connectivity index (χ2n) is 5.96. The van der Waals surface area contributed by atoms with E-state index in [1.54, 1.807) is 27.4 Å². The van der Waals surface area contributed by atoms with Gasteiger partial charge < -0.3 is 24.6 Å². The third kappa shape index (κ3) is 3.41. The van der Waals surface area contributed by atoms with Gasteiger partial charge in [-0.25, -0.2) is 0 Å². The number of rotatable bonds is 5. The molecule has 1 atom stereocenters. The van der Waals surface area contributed by atoms with Crippen LogP contribution in [0.5, 0.6) is 23.0 Å². The van der Waals surface area contributed by atoms with E-state index in [-0.39, 0.29) is 11.8 Å². The Morgan fingerprint density at radius 2 is 1.76 bits per heavy atom. The zero-order valence-electron chi connectivity index (χ0n) is 14.6. The fraction of sp³-hybridized carbons (Fsp3) is 0.368. The highest BCUT2D eigenvalue weighted by Crippen LogP contribution is 2.40. The Balaban J connectivity index is 1.95. The summed E-state index contributed by atoms with van der Waals surface area (Å²) in [6.45, 7) is 0.896. The van der Waals surface area contributed by atoms with Crippen molar-refractivity contribution in [1.29, 1.82) is 0 Å². The molecule has 5 nitrogen and oxygen atoms in total. The Labute approximate surface area is 156 Å². The molecule has 0 saturated carbocycles. The molecule has 2 aromatic rings. The number of aromatic hydroxyl groups is 1. The fourth-order valence-corrected chi connectivity index (χ4v) is 3.77. The summed E-state index contributed by atoms with van der Waals surface area (Å²) in [5.41, 5.74) is 3.47. The maximum absolute atomic E-state index is 10.2. The Hall–Kier alpha value is -1.92. The van der Waals surface area contributed by atoms with Crippen LogP contribution in [0.4, 0.5) is 0 Å². The van der Waals surface area contributed by atoms with Crippen molar-refractivity contribution in [3.05, 3.63) is 45.4 Å². The van der Waals surface area contributed by atoms with E-state index < -0.39 is 0 Å². The predicted octanol–water partition coefficient (Wildman–Crippen LogP) is 3.61. The third-order valence-electron chi connectivity index (χ3n) is 4.61. The SMILES string of the molecule is COc1cc2c(cc1OC)[C@@H](Cc1ccc(OC)c(O)c1Br)NCC2. The summed E-state index contributed by atoms with van der Waals surface area (Å²) < 4.78 is 16.7. The van der Waals surface area contributed by atoms with Gasteiger partial charge in [-0.15, -0.1) is 0 Å². The molecular weight excluding hydrogens is 386 g/mol. The van der Waals surface area contributed by atoms with Crippen molar-refractivity contribution in [3.8, 4) is 23.0 Å². The van der Waals surface area contributed by atoms with Crippen LogP contribution >= 0.6 is 15.9 Å². The topological polar surface area (TPSA) is 60.0 Å². The maximum atomic E-state index is 10.2. The van der Waals surface area contributed by atoms with Gasteiger partial charge >= 0.3 is 0 Å². The number of ether oxygens (including phenoxy) is 3. The molecule has 0 aromatic heterocycles. The van der Waals surface area contributed by atoms with E-state index in [1.807, 2.05) is 12.1 Å². The van der Waals surface area contributed by atoms with Gasteiger partial charge in [-0.2, -0.15) is 0 Å². The minimum absolute atomic E-state index is 0.128. The lowest BCUT2D eigenvalue weighted by molar-refractivity contribution is 0.352. The maximum Gasteiger partial charge on any atom is 0.172 e. The highest BCUT2D eigenvalue weighted by molar-refractivity contribution is 9.10. The molecular formula is C19H22BrNO4. The monoisotopic (exact) mass is 407 g/mol. The second-order valence-corrected chi connectivity index (χ2v) is 6.75. The van der Waals surface area contributed by atoms with E-state index in [0.29, 0.717) is 10.2 Å². The summed E-state index contributed by atoms with van der Waals surface area (Å²) in [4.78, 5) is 0. The van der Waals surface area contributed by atoms with Gasteiger partial charge in [0.15, 0.2) is 23.0 Å². The lowest BCUT2D eigenvalue weighted by Gasteiger charge is -2.28. The zero-order chi connectivity index (χ0) is 18.0. The Morgan fingerprint density at radius 1 is 1.08 bits per heavy atom. The lowest BCUT2D eigenvalue weighted by Crippen LogP contribution is -2.31. The summed E-state index contributed by atoms with van der Waals surface area (Å²) in [6, 6.07) is 7.99. The first kappa shape index (κ1) is 17.9. The molecule has 0 unspecified atom stereocenters. The largest absolute Gasteiger partial charge is 0.503 e. The van der Waals surface area contributed by atoms with Crippen molar-refractivity contribution in [2.75, 3.05) is 27.9 Å². The highest BCUT2D eigenvalue weighted by atomic mass is 79.9. The van der Waals surface area contributed by atoms with Crippen LogP contribution in [0.2, 0.25) is 0 Å². The van der Waals surface area contributed by atoms with Gasteiger partial charge in [-0.3, -0.25) is 0 Å². The van der Waals surface area contributed by atoms with Crippen LogP contribution in [0, 0.1) is 0 Å². The van der Waals surface area contributed by atoms with E-state index in [1.165, 1.54) is 11.1 Å². The van der Waals surface area contributed by atoms with E-state index in [9.17, 15) is 5.11 Å². The van der Waals surface area contributed by atoms with Crippen LogP contribution in [-0.2, 0) is 12.8 Å². The van der Waals surface area contributed by atoms with Gasteiger partial charge in [-0.1, -0.05) is 6.07 Å². The van der Waals surface area contributed by atoms with Crippen molar-refractivity contribution < 1.29 is 19.3 Å². The predicted molar refractivity (Wildman–Crippen MR) is 100 cm³/mol. The normalized spacial score (nSPS) is 16.2. The molecule has 1 aliphatic heterocycles. The summed E-state index contributed by atoms with van der Waals surface area (Å²) in [6.07, 6.45) is 1.68. The van der Waals surface area contributed by atoms with E-state index in [0.717, 1.165) is 36.4 Å². The second kappa shape index (κ2) is 7.54. The van der Waals surface area contributed by atoms with Crippen LogP contribution in [0.1, 0.15) is 22.7 Å². The molecule has 1 aliphatic rings. The van der Waals surface area contributed by atoms with E-state index >= 15 is 0 Å². The number of methoxy groups -OCH3 is 3. The number of fused-ring (bicyclic) bond motifs is 1. The number of benzene rings is 2. The highest BCUT2D eigenvalue weighted by Gasteiger charge is 2.24. The quantitative estimate of drug-likeness (QED) is 0.792. The van der Waals surface area contributed by atoms with E-state index in [4.69, 9.17) is 14.2 Å². The lowest BCUT2D eigenvalue weighted by atomic mass is 9.89. The fourth-order valence-electron chi connectivity index (χ4n) is 3.28.